The van der Waals surface area contributed by atoms with Crippen LogP contribution in [0.5, 0.6) is 0 Å². The number of imidazole rings is 1. The predicted octanol–water partition coefficient (Wildman–Crippen LogP) is 4.23. The minimum Gasteiger partial charge on any atom is -0.358 e. The van der Waals surface area contributed by atoms with Crippen LogP contribution in [0.2, 0.25) is 0 Å². The lowest BCUT2D eigenvalue weighted by Gasteiger charge is -2.36. The molecule has 4 rings (SSSR count). The fourth-order valence-corrected chi connectivity index (χ4v) is 4.09. The maximum absolute atomic E-state index is 13.1. The van der Waals surface area contributed by atoms with Gasteiger partial charge >= 0.3 is 6.18 Å². The van der Waals surface area contributed by atoms with E-state index in [-0.39, 0.29) is 23.6 Å². The van der Waals surface area contributed by atoms with Gasteiger partial charge in [-0.1, -0.05) is 6.07 Å². The van der Waals surface area contributed by atoms with Gasteiger partial charge in [0.25, 0.3) is 5.91 Å². The third-order valence-electron chi connectivity index (χ3n) is 5.88. The van der Waals surface area contributed by atoms with Crippen molar-refractivity contribution in [2.75, 3.05) is 11.9 Å². The van der Waals surface area contributed by atoms with Gasteiger partial charge in [0.2, 0.25) is 0 Å². The van der Waals surface area contributed by atoms with Crippen molar-refractivity contribution >= 4 is 17.4 Å². The Balaban J connectivity index is 1.41. The molecule has 1 fully saturated rings. The van der Waals surface area contributed by atoms with E-state index < -0.39 is 11.9 Å². The molecule has 1 N–H and O–H groups in total. The number of nitrogens with one attached hydrogen (secondary N) is 1. The fourth-order valence-electron chi connectivity index (χ4n) is 4.09. The molecular formula is C22H24F3N5O. The van der Waals surface area contributed by atoms with Gasteiger partial charge in [-0.05, 0) is 56.9 Å². The van der Waals surface area contributed by atoms with Crippen molar-refractivity contribution in [1.82, 2.24) is 19.7 Å². The number of aryl methyl sites for hydroxylation is 1. The van der Waals surface area contributed by atoms with Crippen molar-refractivity contribution < 1.29 is 18.0 Å². The predicted molar refractivity (Wildman–Crippen MR) is 111 cm³/mol. The average Bonchev–Trinajstić information content (AvgIpc) is 3.19. The Hall–Kier alpha value is -3.10. The van der Waals surface area contributed by atoms with E-state index in [0.717, 1.165) is 37.6 Å². The number of alkyl halides is 3. The molecule has 1 aliphatic carbocycles. The van der Waals surface area contributed by atoms with Crippen molar-refractivity contribution in [3.63, 3.8) is 0 Å². The fraction of sp³-hybridized carbons (Fsp3) is 0.409. The van der Waals surface area contributed by atoms with Gasteiger partial charge in [0.1, 0.15) is 11.5 Å². The van der Waals surface area contributed by atoms with E-state index in [2.05, 4.69) is 15.3 Å². The molecule has 0 aromatic carbocycles. The molecule has 1 saturated carbocycles. The summed E-state index contributed by atoms with van der Waals surface area (Å²) in [5.41, 5.74) is 0.766. The lowest BCUT2D eigenvalue weighted by Crippen LogP contribution is -2.43. The largest absolute Gasteiger partial charge is 0.434 e. The number of nitrogens with zero attached hydrogens (tertiary/aromatic N) is 4. The summed E-state index contributed by atoms with van der Waals surface area (Å²) >= 11 is 0. The number of hydrogen-bond acceptors (Lipinski definition) is 4. The van der Waals surface area contributed by atoms with E-state index in [1.807, 2.05) is 24.9 Å². The van der Waals surface area contributed by atoms with Crippen LogP contribution in [-0.2, 0) is 6.18 Å². The molecule has 0 atom stereocenters. The number of rotatable bonds is 4. The third-order valence-corrected chi connectivity index (χ3v) is 5.88. The lowest BCUT2D eigenvalue weighted by atomic mass is 9.90. The Bertz CT molecular complexity index is 1070. The Kier molecular flexibility index (Phi) is 5.60. The minimum absolute atomic E-state index is 0.0688. The standard InChI is InChI=1S/C22H24F3N5O/c1-14-6-7-15(12-26-14)21(31)27-16-8-10-17(11-9-16)29(2)20-5-3-4-19-28-18(13-30(19)20)22(23,24)25/h3-7,12-13,16-17H,8-11H2,1-2H3,(H,27,31)/t16-,17+. The van der Waals surface area contributed by atoms with Crippen LogP contribution in [0.3, 0.4) is 0 Å². The summed E-state index contributed by atoms with van der Waals surface area (Å²) < 4.78 is 40.7. The Morgan fingerprint density at radius 2 is 1.90 bits per heavy atom. The van der Waals surface area contributed by atoms with Crippen LogP contribution in [-0.4, -0.2) is 39.4 Å². The topological polar surface area (TPSA) is 62.5 Å². The Morgan fingerprint density at radius 1 is 1.16 bits per heavy atom. The second-order valence-corrected chi connectivity index (χ2v) is 8.01. The molecule has 0 saturated heterocycles. The number of pyridine rings is 2. The highest BCUT2D eigenvalue weighted by molar-refractivity contribution is 5.94. The van der Waals surface area contributed by atoms with Crippen molar-refractivity contribution in [1.29, 1.82) is 0 Å². The zero-order chi connectivity index (χ0) is 22.2. The molecule has 0 radical (unpaired) electrons. The summed E-state index contributed by atoms with van der Waals surface area (Å²) in [5.74, 6) is 0.533. The summed E-state index contributed by atoms with van der Waals surface area (Å²) in [6.45, 7) is 1.87. The van der Waals surface area contributed by atoms with E-state index in [1.165, 1.54) is 4.40 Å². The van der Waals surface area contributed by atoms with Crippen LogP contribution in [0, 0.1) is 6.92 Å². The van der Waals surface area contributed by atoms with Gasteiger partial charge in [-0.15, -0.1) is 0 Å². The summed E-state index contributed by atoms with van der Waals surface area (Å²) in [5, 5.41) is 3.07. The molecule has 31 heavy (non-hydrogen) atoms. The molecule has 6 nitrogen and oxygen atoms in total. The number of halogens is 3. The van der Waals surface area contributed by atoms with Crippen molar-refractivity contribution in [2.45, 2.75) is 50.9 Å². The first-order chi connectivity index (χ1) is 14.7. The van der Waals surface area contributed by atoms with Crippen LogP contribution < -0.4 is 10.2 Å². The average molecular weight is 431 g/mol. The molecule has 1 amide bonds. The van der Waals surface area contributed by atoms with Gasteiger partial charge in [0.05, 0.1) is 5.56 Å². The maximum atomic E-state index is 13.1. The maximum Gasteiger partial charge on any atom is 0.434 e. The molecule has 9 heteroatoms. The van der Waals surface area contributed by atoms with Crippen LogP contribution in [0.1, 0.15) is 47.4 Å². The first kappa shape index (κ1) is 21.1. The SMILES string of the molecule is Cc1ccc(C(=O)N[C@H]2CC[C@@H](N(C)c3cccc4nc(C(F)(F)F)cn34)CC2)cn1. The van der Waals surface area contributed by atoms with Gasteiger partial charge in [-0.2, -0.15) is 13.2 Å². The zero-order valence-corrected chi connectivity index (χ0v) is 17.4. The Morgan fingerprint density at radius 3 is 2.55 bits per heavy atom. The molecule has 0 bridgehead atoms. The number of amides is 1. The van der Waals surface area contributed by atoms with E-state index >= 15 is 0 Å². The molecule has 164 valence electrons. The highest BCUT2D eigenvalue weighted by Gasteiger charge is 2.34. The molecule has 0 aliphatic heterocycles. The molecular weight excluding hydrogens is 407 g/mol. The number of fused-ring (bicyclic) bond motifs is 1. The normalized spacial score (nSPS) is 19.4. The van der Waals surface area contributed by atoms with Crippen molar-refractivity contribution in [3.05, 3.63) is 59.7 Å². The molecule has 3 aromatic rings. The number of aromatic nitrogens is 3. The van der Waals surface area contributed by atoms with Crippen molar-refractivity contribution in [2.24, 2.45) is 0 Å². The van der Waals surface area contributed by atoms with Gasteiger partial charge in [0, 0.05) is 37.2 Å². The molecule has 0 spiro atoms. The first-order valence-electron chi connectivity index (χ1n) is 10.2. The number of carbonyl (C=O) groups is 1. The summed E-state index contributed by atoms with van der Waals surface area (Å²) in [6.07, 6.45) is 1.38. The molecule has 3 heterocycles. The summed E-state index contributed by atoms with van der Waals surface area (Å²) in [4.78, 5) is 22.3. The molecule has 3 aromatic heterocycles. The van der Waals surface area contributed by atoms with Gasteiger partial charge in [0.15, 0.2) is 5.69 Å². The van der Waals surface area contributed by atoms with Crippen LogP contribution in [0.15, 0.2) is 42.7 Å². The second-order valence-electron chi connectivity index (χ2n) is 8.01. The summed E-state index contributed by atoms with van der Waals surface area (Å²) in [7, 11) is 1.89. The van der Waals surface area contributed by atoms with Crippen LogP contribution in [0.25, 0.3) is 5.65 Å². The smallest absolute Gasteiger partial charge is 0.358 e. The van der Waals surface area contributed by atoms with Gasteiger partial charge in [-0.3, -0.25) is 14.2 Å². The van der Waals surface area contributed by atoms with Crippen LogP contribution >= 0.6 is 0 Å². The lowest BCUT2D eigenvalue weighted by molar-refractivity contribution is -0.140. The van der Waals surface area contributed by atoms with E-state index in [1.54, 1.807) is 30.5 Å². The van der Waals surface area contributed by atoms with E-state index in [9.17, 15) is 18.0 Å². The number of carbonyl (C=O) groups excluding carboxylic acids is 1. The van der Waals surface area contributed by atoms with Gasteiger partial charge < -0.3 is 10.2 Å². The Labute approximate surface area is 178 Å². The van der Waals surface area contributed by atoms with Gasteiger partial charge in [-0.25, -0.2) is 4.98 Å². The monoisotopic (exact) mass is 431 g/mol. The highest BCUT2D eigenvalue weighted by atomic mass is 19.4. The van der Waals surface area contributed by atoms with Crippen LogP contribution in [0.4, 0.5) is 19.0 Å². The van der Waals surface area contributed by atoms with E-state index in [4.69, 9.17) is 0 Å². The highest BCUT2D eigenvalue weighted by Crippen LogP contribution is 2.31. The summed E-state index contributed by atoms with van der Waals surface area (Å²) in [6, 6.07) is 8.89. The second kappa shape index (κ2) is 8.20. The quantitative estimate of drug-likeness (QED) is 0.672. The third kappa shape index (κ3) is 4.50. The minimum atomic E-state index is -4.48. The zero-order valence-electron chi connectivity index (χ0n) is 17.4. The molecule has 0 unspecified atom stereocenters. The molecule has 1 aliphatic rings. The number of hydrogen-bond donors (Lipinski definition) is 1. The van der Waals surface area contributed by atoms with Crippen molar-refractivity contribution in [3.8, 4) is 0 Å². The first-order valence-corrected chi connectivity index (χ1v) is 10.2. The number of anilines is 1. The van der Waals surface area contributed by atoms with E-state index in [0.29, 0.717) is 11.4 Å².